The molecule has 0 amide bonds. The Labute approximate surface area is 188 Å². The highest BCUT2D eigenvalue weighted by atomic mass is 19.1. The van der Waals surface area contributed by atoms with E-state index in [0.29, 0.717) is 30.7 Å². The summed E-state index contributed by atoms with van der Waals surface area (Å²) in [5.41, 5.74) is 3.77. The van der Waals surface area contributed by atoms with Gasteiger partial charge in [0.05, 0.1) is 6.61 Å². The Bertz CT molecular complexity index is 1070. The number of ether oxygens (including phenoxy) is 1. The third-order valence-electron chi connectivity index (χ3n) is 6.20. The maximum Gasteiger partial charge on any atom is 0.315 e. The molecule has 1 aliphatic carbocycles. The van der Waals surface area contributed by atoms with Gasteiger partial charge in [-0.3, -0.25) is 14.6 Å². The normalized spacial score (nSPS) is 23.1. The first-order valence-electron chi connectivity index (χ1n) is 11.1. The van der Waals surface area contributed by atoms with Gasteiger partial charge in [-0.2, -0.15) is 0 Å². The molecule has 0 spiro atoms. The number of halogens is 1. The molecule has 5 heteroatoms. The largest absolute Gasteiger partial charge is 0.465 e. The average Bonchev–Trinajstić information content (AvgIpc) is 2.77. The first kappa shape index (κ1) is 22.1. The molecular weight excluding hydrogens is 405 g/mol. The van der Waals surface area contributed by atoms with Gasteiger partial charge in [0.15, 0.2) is 5.78 Å². The number of carbonyl (C=O) groups excluding carboxylic acids is 2. The molecule has 3 atom stereocenters. The van der Waals surface area contributed by atoms with Crippen molar-refractivity contribution in [2.24, 2.45) is 16.8 Å². The van der Waals surface area contributed by atoms with Gasteiger partial charge in [0.25, 0.3) is 0 Å². The summed E-state index contributed by atoms with van der Waals surface area (Å²) in [5.74, 6) is -1.73. The predicted octanol–water partition coefficient (Wildman–Crippen LogP) is 5.60. The minimum absolute atomic E-state index is 0.00709. The SMILES string of the molecule is CC1=NC2=C(C(=O)C[C@H](c3ccccc3)C2)[C@H](c2ccc(F)cc2)C1C(=O)OCC(C)C. The van der Waals surface area contributed by atoms with E-state index in [1.165, 1.54) is 12.1 Å². The monoisotopic (exact) mass is 433 g/mol. The molecular formula is C27H28FNO3. The molecule has 32 heavy (non-hydrogen) atoms. The van der Waals surface area contributed by atoms with Crippen LogP contribution in [0, 0.1) is 17.7 Å². The van der Waals surface area contributed by atoms with Gasteiger partial charge in [-0.15, -0.1) is 0 Å². The Balaban J connectivity index is 1.76. The van der Waals surface area contributed by atoms with Crippen molar-refractivity contribution in [1.82, 2.24) is 0 Å². The topological polar surface area (TPSA) is 55.7 Å². The van der Waals surface area contributed by atoms with Crippen LogP contribution in [0.1, 0.15) is 56.6 Å². The van der Waals surface area contributed by atoms with Crippen molar-refractivity contribution in [2.75, 3.05) is 6.61 Å². The summed E-state index contributed by atoms with van der Waals surface area (Å²) >= 11 is 0. The van der Waals surface area contributed by atoms with Crippen LogP contribution in [0.2, 0.25) is 0 Å². The van der Waals surface area contributed by atoms with Crippen molar-refractivity contribution < 1.29 is 18.7 Å². The van der Waals surface area contributed by atoms with Crippen LogP contribution in [0.3, 0.4) is 0 Å². The van der Waals surface area contributed by atoms with Gasteiger partial charge in [-0.05, 0) is 48.4 Å². The lowest BCUT2D eigenvalue weighted by atomic mass is 9.69. The van der Waals surface area contributed by atoms with E-state index in [-0.39, 0.29) is 29.4 Å². The minimum Gasteiger partial charge on any atom is -0.465 e. The van der Waals surface area contributed by atoms with Crippen LogP contribution in [-0.4, -0.2) is 24.1 Å². The van der Waals surface area contributed by atoms with Crippen molar-refractivity contribution in [1.29, 1.82) is 0 Å². The highest BCUT2D eigenvalue weighted by Crippen LogP contribution is 2.46. The van der Waals surface area contributed by atoms with Crippen LogP contribution >= 0.6 is 0 Å². The predicted molar refractivity (Wildman–Crippen MR) is 122 cm³/mol. The third kappa shape index (κ3) is 4.43. The van der Waals surface area contributed by atoms with Crippen LogP contribution in [-0.2, 0) is 14.3 Å². The Kier molecular flexibility index (Phi) is 6.35. The first-order chi connectivity index (χ1) is 15.3. The Morgan fingerprint density at radius 3 is 2.41 bits per heavy atom. The lowest BCUT2D eigenvalue weighted by Gasteiger charge is -2.36. The number of Topliss-reactive ketones (excluding diaryl/α,β-unsaturated/α-hetero) is 1. The zero-order chi connectivity index (χ0) is 22.8. The van der Waals surface area contributed by atoms with E-state index in [1.807, 2.05) is 51.1 Å². The number of esters is 1. The molecule has 0 fully saturated rings. The van der Waals surface area contributed by atoms with E-state index in [9.17, 15) is 14.0 Å². The fourth-order valence-electron chi connectivity index (χ4n) is 4.69. The van der Waals surface area contributed by atoms with Crippen molar-refractivity contribution in [3.05, 3.63) is 82.8 Å². The molecule has 1 aliphatic heterocycles. The second-order valence-corrected chi connectivity index (χ2v) is 9.08. The van der Waals surface area contributed by atoms with Gasteiger partial charge < -0.3 is 4.74 Å². The van der Waals surface area contributed by atoms with Gasteiger partial charge in [0, 0.05) is 29.3 Å². The van der Waals surface area contributed by atoms with Gasteiger partial charge in [-0.1, -0.05) is 56.3 Å². The van der Waals surface area contributed by atoms with E-state index in [2.05, 4.69) is 0 Å². The number of benzene rings is 2. The highest BCUT2D eigenvalue weighted by molar-refractivity contribution is 6.09. The van der Waals surface area contributed by atoms with Gasteiger partial charge >= 0.3 is 5.97 Å². The maximum atomic E-state index is 13.7. The van der Waals surface area contributed by atoms with E-state index in [1.54, 1.807) is 12.1 Å². The second-order valence-electron chi connectivity index (χ2n) is 9.08. The van der Waals surface area contributed by atoms with Crippen molar-refractivity contribution in [2.45, 2.75) is 45.4 Å². The summed E-state index contributed by atoms with van der Waals surface area (Å²) < 4.78 is 19.2. The summed E-state index contributed by atoms with van der Waals surface area (Å²) in [6, 6.07) is 16.0. The molecule has 2 aromatic rings. The van der Waals surface area contributed by atoms with Gasteiger partial charge in [0.2, 0.25) is 0 Å². The van der Waals surface area contributed by atoms with Gasteiger partial charge in [0.1, 0.15) is 11.7 Å². The van der Waals surface area contributed by atoms with E-state index in [0.717, 1.165) is 16.8 Å². The summed E-state index contributed by atoms with van der Waals surface area (Å²) in [6.45, 7) is 6.07. The molecule has 166 valence electrons. The highest BCUT2D eigenvalue weighted by Gasteiger charge is 2.44. The fourth-order valence-corrected chi connectivity index (χ4v) is 4.69. The lowest BCUT2D eigenvalue weighted by molar-refractivity contribution is -0.147. The molecule has 0 radical (unpaired) electrons. The average molecular weight is 434 g/mol. The van der Waals surface area contributed by atoms with Crippen molar-refractivity contribution in [3.63, 3.8) is 0 Å². The molecule has 0 N–H and O–H groups in total. The molecule has 1 unspecified atom stereocenters. The molecule has 2 aromatic carbocycles. The van der Waals surface area contributed by atoms with Gasteiger partial charge in [-0.25, -0.2) is 4.39 Å². The summed E-state index contributed by atoms with van der Waals surface area (Å²) in [6.07, 6.45) is 0.997. The Hall–Kier alpha value is -3.08. The molecule has 2 aliphatic rings. The summed E-state index contributed by atoms with van der Waals surface area (Å²) in [5, 5.41) is 0. The van der Waals surface area contributed by atoms with Crippen LogP contribution in [0.5, 0.6) is 0 Å². The summed E-state index contributed by atoms with van der Waals surface area (Å²) in [4.78, 5) is 31.3. The van der Waals surface area contributed by atoms with E-state index < -0.39 is 11.8 Å². The molecule has 0 saturated heterocycles. The smallest absolute Gasteiger partial charge is 0.315 e. The minimum atomic E-state index is -0.699. The molecule has 0 aromatic heterocycles. The fraction of sp³-hybridized carbons (Fsp3) is 0.370. The van der Waals surface area contributed by atoms with Crippen LogP contribution < -0.4 is 0 Å². The van der Waals surface area contributed by atoms with E-state index >= 15 is 0 Å². The number of hydrogen-bond acceptors (Lipinski definition) is 4. The quantitative estimate of drug-likeness (QED) is 0.577. The first-order valence-corrected chi connectivity index (χ1v) is 11.1. The number of carbonyl (C=O) groups is 2. The van der Waals surface area contributed by atoms with Crippen molar-refractivity contribution >= 4 is 17.5 Å². The molecule has 0 bridgehead atoms. The number of allylic oxidation sites excluding steroid dienone is 2. The number of hydrogen-bond donors (Lipinski definition) is 0. The number of rotatable bonds is 5. The standard InChI is InChI=1S/C27H28FNO3/c1-16(2)15-32-27(31)24-17(3)29-22-13-20(18-7-5-4-6-8-18)14-23(30)26(22)25(24)19-9-11-21(28)12-10-19/h4-12,16,20,24-25H,13-15H2,1-3H3/t20-,24?,25-/m1/s1. The zero-order valence-corrected chi connectivity index (χ0v) is 18.7. The van der Waals surface area contributed by atoms with Crippen LogP contribution in [0.25, 0.3) is 0 Å². The van der Waals surface area contributed by atoms with E-state index in [4.69, 9.17) is 9.73 Å². The molecule has 1 heterocycles. The number of ketones is 1. The lowest BCUT2D eigenvalue weighted by Crippen LogP contribution is -2.38. The Morgan fingerprint density at radius 2 is 1.75 bits per heavy atom. The molecule has 4 rings (SSSR count). The van der Waals surface area contributed by atoms with Crippen LogP contribution in [0.15, 0.2) is 70.9 Å². The molecule has 0 saturated carbocycles. The molecule has 4 nitrogen and oxygen atoms in total. The van der Waals surface area contributed by atoms with Crippen molar-refractivity contribution in [3.8, 4) is 0 Å². The number of nitrogens with zero attached hydrogens (tertiary/aromatic N) is 1. The van der Waals surface area contributed by atoms with Crippen LogP contribution in [0.4, 0.5) is 4.39 Å². The zero-order valence-electron chi connectivity index (χ0n) is 18.7. The maximum absolute atomic E-state index is 13.7. The third-order valence-corrected chi connectivity index (χ3v) is 6.20. The Morgan fingerprint density at radius 1 is 1.06 bits per heavy atom. The summed E-state index contributed by atoms with van der Waals surface area (Å²) in [7, 11) is 0. The second kappa shape index (κ2) is 9.19. The number of aliphatic imine (C=N–C) groups is 1.